The summed E-state index contributed by atoms with van der Waals surface area (Å²) in [7, 11) is 0. The van der Waals surface area contributed by atoms with Crippen LogP contribution >= 0.6 is 0 Å². The zero-order valence-electron chi connectivity index (χ0n) is 12.4. The molecule has 0 saturated carbocycles. The van der Waals surface area contributed by atoms with Crippen LogP contribution in [0.25, 0.3) is 22.5 Å². The Morgan fingerprint density at radius 1 is 0.600 bits per heavy atom. The Balaban J connectivity index is 2.07. The summed E-state index contributed by atoms with van der Waals surface area (Å²) in [4.78, 5) is 0. The van der Waals surface area contributed by atoms with Crippen LogP contribution in [0.2, 0.25) is 0 Å². The van der Waals surface area contributed by atoms with Gasteiger partial charge in [-0.25, -0.2) is 0 Å². The van der Waals surface area contributed by atoms with Gasteiger partial charge in [0.1, 0.15) is 5.76 Å². The second-order valence-corrected chi connectivity index (χ2v) is 5.35. The van der Waals surface area contributed by atoms with Crippen molar-refractivity contribution in [3.63, 3.8) is 0 Å². The maximum Gasteiger partial charge on any atom is 0.416 e. The molecule has 0 spiro atoms. The normalized spacial score (nSPS) is 12.4. The van der Waals surface area contributed by atoms with Crippen molar-refractivity contribution in [3.05, 3.63) is 72.0 Å². The Bertz CT molecular complexity index is 826. The van der Waals surface area contributed by atoms with E-state index in [1.54, 1.807) is 24.3 Å². The first-order valence-electron chi connectivity index (χ1n) is 7.08. The van der Waals surface area contributed by atoms with Gasteiger partial charge in [-0.15, -0.1) is 0 Å². The molecule has 0 bridgehead atoms. The number of furan rings is 1. The molecule has 0 saturated heterocycles. The van der Waals surface area contributed by atoms with E-state index in [2.05, 4.69) is 0 Å². The molecule has 3 rings (SSSR count). The van der Waals surface area contributed by atoms with Crippen molar-refractivity contribution >= 4 is 0 Å². The third kappa shape index (κ3) is 3.70. The second-order valence-electron chi connectivity index (χ2n) is 5.35. The Labute approximate surface area is 138 Å². The molecule has 0 unspecified atom stereocenters. The summed E-state index contributed by atoms with van der Waals surface area (Å²) >= 11 is 0. The topological polar surface area (TPSA) is 13.1 Å². The lowest BCUT2D eigenvalue weighted by molar-refractivity contribution is -0.143. The lowest BCUT2D eigenvalue weighted by Gasteiger charge is -2.14. The van der Waals surface area contributed by atoms with E-state index in [0.717, 1.165) is 0 Å². The number of rotatable bonds is 2. The monoisotopic (exact) mass is 356 g/mol. The van der Waals surface area contributed by atoms with E-state index in [4.69, 9.17) is 4.42 Å². The van der Waals surface area contributed by atoms with Gasteiger partial charge in [0, 0.05) is 5.56 Å². The highest BCUT2D eigenvalue weighted by Gasteiger charge is 2.36. The molecule has 0 atom stereocenters. The molecule has 7 heteroatoms. The standard InChI is InChI=1S/C18H10F6O/c19-17(20,21)14-8-13(9-15(10-14)18(22,23)24)11-3-5-12(6-4-11)16-2-1-7-25-16/h1-10H. The molecule has 0 aliphatic heterocycles. The molecule has 0 N–H and O–H groups in total. The SMILES string of the molecule is FC(F)(F)c1cc(-c2ccc(-c3ccco3)cc2)cc(C(F)(F)F)c1. The van der Waals surface area contributed by atoms with Gasteiger partial charge >= 0.3 is 12.4 Å². The van der Waals surface area contributed by atoms with Gasteiger partial charge in [-0.3, -0.25) is 0 Å². The molecular formula is C18H10F6O. The van der Waals surface area contributed by atoms with Gasteiger partial charge in [-0.2, -0.15) is 26.3 Å². The Morgan fingerprint density at radius 2 is 1.12 bits per heavy atom. The second kappa shape index (κ2) is 5.98. The lowest BCUT2D eigenvalue weighted by atomic mass is 9.98. The highest BCUT2D eigenvalue weighted by Crippen LogP contribution is 2.38. The average Bonchev–Trinajstić information content (AvgIpc) is 3.07. The van der Waals surface area contributed by atoms with Crippen molar-refractivity contribution in [2.45, 2.75) is 12.4 Å². The van der Waals surface area contributed by atoms with E-state index in [1.807, 2.05) is 0 Å². The quantitative estimate of drug-likeness (QED) is 0.469. The molecule has 0 radical (unpaired) electrons. The molecule has 0 aliphatic carbocycles. The summed E-state index contributed by atoms with van der Waals surface area (Å²) in [6.45, 7) is 0. The van der Waals surface area contributed by atoms with Gasteiger partial charge in [0.2, 0.25) is 0 Å². The first-order valence-corrected chi connectivity index (χ1v) is 7.08. The first-order chi connectivity index (χ1) is 11.6. The van der Waals surface area contributed by atoms with Crippen LogP contribution in [0.5, 0.6) is 0 Å². The Kier molecular flexibility index (Phi) is 4.10. The van der Waals surface area contributed by atoms with Crippen LogP contribution in [-0.4, -0.2) is 0 Å². The predicted octanol–water partition coefficient (Wildman–Crippen LogP) is 6.65. The summed E-state index contributed by atoms with van der Waals surface area (Å²) in [5, 5.41) is 0. The van der Waals surface area contributed by atoms with Crippen molar-refractivity contribution in [3.8, 4) is 22.5 Å². The number of hydrogen-bond donors (Lipinski definition) is 0. The fourth-order valence-corrected chi connectivity index (χ4v) is 2.39. The van der Waals surface area contributed by atoms with E-state index in [9.17, 15) is 26.3 Å². The fraction of sp³-hybridized carbons (Fsp3) is 0.111. The summed E-state index contributed by atoms with van der Waals surface area (Å²) in [5.41, 5.74) is -1.93. The Morgan fingerprint density at radius 3 is 1.56 bits per heavy atom. The van der Waals surface area contributed by atoms with Crippen LogP contribution in [0, 0.1) is 0 Å². The molecular weight excluding hydrogens is 346 g/mol. The molecule has 1 aromatic heterocycles. The minimum atomic E-state index is -4.87. The van der Waals surface area contributed by atoms with E-state index >= 15 is 0 Å². The van der Waals surface area contributed by atoms with Gasteiger partial charge in [-0.1, -0.05) is 24.3 Å². The number of alkyl halides is 6. The highest BCUT2D eigenvalue weighted by atomic mass is 19.4. The highest BCUT2D eigenvalue weighted by molar-refractivity contribution is 5.69. The van der Waals surface area contributed by atoms with Crippen molar-refractivity contribution in [2.75, 3.05) is 0 Å². The maximum absolute atomic E-state index is 12.9. The average molecular weight is 356 g/mol. The van der Waals surface area contributed by atoms with E-state index in [-0.39, 0.29) is 17.2 Å². The molecule has 2 aromatic carbocycles. The van der Waals surface area contributed by atoms with Crippen LogP contribution in [-0.2, 0) is 12.4 Å². The largest absolute Gasteiger partial charge is 0.464 e. The minimum Gasteiger partial charge on any atom is -0.464 e. The third-order valence-corrected chi connectivity index (χ3v) is 3.61. The lowest BCUT2D eigenvalue weighted by Crippen LogP contribution is -2.11. The molecule has 1 nitrogen and oxygen atoms in total. The van der Waals surface area contributed by atoms with Crippen LogP contribution in [0.4, 0.5) is 26.3 Å². The maximum atomic E-state index is 12.9. The van der Waals surface area contributed by atoms with Crippen LogP contribution in [0.1, 0.15) is 11.1 Å². The van der Waals surface area contributed by atoms with Gasteiger partial charge in [0.25, 0.3) is 0 Å². The van der Waals surface area contributed by atoms with Crippen LogP contribution < -0.4 is 0 Å². The van der Waals surface area contributed by atoms with E-state index in [1.165, 1.54) is 18.4 Å². The number of halogens is 6. The molecule has 3 aromatic rings. The van der Waals surface area contributed by atoms with Crippen LogP contribution in [0.15, 0.2) is 65.3 Å². The molecule has 0 fully saturated rings. The molecule has 25 heavy (non-hydrogen) atoms. The number of hydrogen-bond acceptors (Lipinski definition) is 1. The van der Waals surface area contributed by atoms with Crippen molar-refractivity contribution < 1.29 is 30.8 Å². The minimum absolute atomic E-state index is 0.112. The van der Waals surface area contributed by atoms with Crippen molar-refractivity contribution in [1.29, 1.82) is 0 Å². The fourth-order valence-electron chi connectivity index (χ4n) is 2.39. The van der Waals surface area contributed by atoms with Gasteiger partial charge in [0.05, 0.1) is 17.4 Å². The van der Waals surface area contributed by atoms with Crippen molar-refractivity contribution in [1.82, 2.24) is 0 Å². The Hall–Kier alpha value is -2.70. The molecule has 1 heterocycles. The van der Waals surface area contributed by atoms with E-state index < -0.39 is 23.5 Å². The summed E-state index contributed by atoms with van der Waals surface area (Å²) in [6.07, 6.45) is -8.28. The molecule has 130 valence electrons. The van der Waals surface area contributed by atoms with Crippen LogP contribution in [0.3, 0.4) is 0 Å². The third-order valence-electron chi connectivity index (χ3n) is 3.61. The smallest absolute Gasteiger partial charge is 0.416 e. The van der Waals surface area contributed by atoms with Gasteiger partial charge in [0.15, 0.2) is 0 Å². The summed E-state index contributed by atoms with van der Waals surface area (Å²) < 4.78 is 82.7. The van der Waals surface area contributed by atoms with Gasteiger partial charge < -0.3 is 4.42 Å². The molecule has 0 aliphatic rings. The van der Waals surface area contributed by atoms with Gasteiger partial charge in [-0.05, 0) is 41.5 Å². The zero-order chi connectivity index (χ0) is 18.2. The van der Waals surface area contributed by atoms with Crippen molar-refractivity contribution in [2.24, 2.45) is 0 Å². The first kappa shape index (κ1) is 17.1. The summed E-state index contributed by atoms with van der Waals surface area (Å²) in [6, 6.07) is 10.9. The number of benzene rings is 2. The zero-order valence-corrected chi connectivity index (χ0v) is 12.4. The van der Waals surface area contributed by atoms with E-state index in [0.29, 0.717) is 23.5 Å². The predicted molar refractivity (Wildman–Crippen MR) is 79.6 cm³/mol. The summed E-state index contributed by atoms with van der Waals surface area (Å²) in [5.74, 6) is 0.548. The molecule has 0 amide bonds.